The van der Waals surface area contributed by atoms with Crippen LogP contribution in [0.5, 0.6) is 0 Å². The highest BCUT2D eigenvalue weighted by Crippen LogP contribution is 2.19. The molecule has 3 aromatic heterocycles. The van der Waals surface area contributed by atoms with Gasteiger partial charge >= 0.3 is 0 Å². The summed E-state index contributed by atoms with van der Waals surface area (Å²) in [6, 6.07) is 5.97. The van der Waals surface area contributed by atoms with Crippen molar-refractivity contribution in [2.45, 2.75) is 20.4 Å². The van der Waals surface area contributed by atoms with E-state index in [1.54, 1.807) is 6.20 Å². The zero-order valence-electron chi connectivity index (χ0n) is 11.0. The first-order valence-electron chi connectivity index (χ1n) is 6.14. The molecule has 3 rings (SSSR count). The maximum Gasteiger partial charge on any atom is 0.202 e. The summed E-state index contributed by atoms with van der Waals surface area (Å²) >= 11 is 0. The van der Waals surface area contributed by atoms with Crippen molar-refractivity contribution in [1.29, 1.82) is 0 Å². The summed E-state index contributed by atoms with van der Waals surface area (Å²) in [5.74, 6) is 0.484. The zero-order valence-corrected chi connectivity index (χ0v) is 11.0. The normalized spacial score (nSPS) is 11.1. The molecule has 3 aromatic rings. The number of nitrogens with zero attached hydrogens (tertiary/aromatic N) is 4. The molecule has 0 amide bonds. The maximum atomic E-state index is 5.99. The van der Waals surface area contributed by atoms with Gasteiger partial charge in [0.15, 0.2) is 5.65 Å². The summed E-state index contributed by atoms with van der Waals surface area (Å²) < 4.78 is 1.91. The molecule has 0 radical (unpaired) electrons. The molecule has 0 saturated carbocycles. The first kappa shape index (κ1) is 11.6. The van der Waals surface area contributed by atoms with Crippen LogP contribution in [0.15, 0.2) is 30.6 Å². The molecule has 0 spiro atoms. The summed E-state index contributed by atoms with van der Waals surface area (Å²) in [6.07, 6.45) is 3.64. The Bertz CT molecular complexity index is 727. The van der Waals surface area contributed by atoms with E-state index in [1.807, 2.05) is 42.8 Å². The molecular formula is C14H15N5. The number of imidazole rings is 1. The van der Waals surface area contributed by atoms with Crippen LogP contribution in [0.25, 0.3) is 11.2 Å². The Kier molecular flexibility index (Phi) is 2.67. The third-order valence-electron chi connectivity index (χ3n) is 3.18. The smallest absolute Gasteiger partial charge is 0.202 e. The SMILES string of the molecule is Cc1ccc(Cn2c(N)nc3c(C)ccnc32)cn1. The van der Waals surface area contributed by atoms with Gasteiger partial charge in [0.25, 0.3) is 0 Å². The molecule has 0 atom stereocenters. The first-order valence-corrected chi connectivity index (χ1v) is 6.14. The van der Waals surface area contributed by atoms with Crippen molar-refractivity contribution in [3.8, 4) is 0 Å². The van der Waals surface area contributed by atoms with E-state index in [0.717, 1.165) is 28.0 Å². The monoisotopic (exact) mass is 253 g/mol. The number of rotatable bonds is 2. The second kappa shape index (κ2) is 4.35. The van der Waals surface area contributed by atoms with Crippen molar-refractivity contribution in [2.75, 3.05) is 5.73 Å². The number of nitrogens with two attached hydrogens (primary N) is 1. The van der Waals surface area contributed by atoms with Crippen LogP contribution >= 0.6 is 0 Å². The van der Waals surface area contributed by atoms with E-state index in [4.69, 9.17) is 5.73 Å². The summed E-state index contributed by atoms with van der Waals surface area (Å²) in [5, 5.41) is 0. The van der Waals surface area contributed by atoms with E-state index in [0.29, 0.717) is 12.5 Å². The van der Waals surface area contributed by atoms with Crippen molar-refractivity contribution in [3.05, 3.63) is 47.4 Å². The van der Waals surface area contributed by atoms with E-state index in [-0.39, 0.29) is 0 Å². The fourth-order valence-electron chi connectivity index (χ4n) is 2.09. The number of hydrogen-bond acceptors (Lipinski definition) is 4. The van der Waals surface area contributed by atoms with Gasteiger partial charge in [0.2, 0.25) is 5.95 Å². The Morgan fingerprint density at radius 3 is 2.74 bits per heavy atom. The van der Waals surface area contributed by atoms with Gasteiger partial charge in [-0.05, 0) is 37.1 Å². The lowest BCUT2D eigenvalue weighted by atomic mass is 10.2. The minimum absolute atomic E-state index is 0.484. The highest BCUT2D eigenvalue weighted by atomic mass is 15.2. The largest absolute Gasteiger partial charge is 0.369 e. The standard InChI is InChI=1S/C14H15N5/c1-9-5-6-16-13-12(9)18-14(15)19(13)8-11-4-3-10(2)17-7-11/h3-7H,8H2,1-2H3,(H2,15,18). The quantitative estimate of drug-likeness (QED) is 0.759. The van der Waals surface area contributed by atoms with Gasteiger partial charge in [-0.1, -0.05) is 6.07 Å². The number of hydrogen-bond donors (Lipinski definition) is 1. The van der Waals surface area contributed by atoms with Crippen LogP contribution in [0.2, 0.25) is 0 Å². The van der Waals surface area contributed by atoms with Crippen molar-refractivity contribution in [1.82, 2.24) is 19.5 Å². The van der Waals surface area contributed by atoms with Gasteiger partial charge in [-0.15, -0.1) is 0 Å². The van der Waals surface area contributed by atoms with E-state index >= 15 is 0 Å². The van der Waals surface area contributed by atoms with Crippen LogP contribution in [0.4, 0.5) is 5.95 Å². The molecule has 0 unspecified atom stereocenters. The molecule has 0 aliphatic rings. The zero-order chi connectivity index (χ0) is 13.4. The predicted octanol–water partition coefficient (Wildman–Crippen LogP) is 2.07. The molecule has 0 saturated heterocycles. The lowest BCUT2D eigenvalue weighted by molar-refractivity contribution is 0.821. The summed E-state index contributed by atoms with van der Waals surface area (Å²) in [4.78, 5) is 13.1. The number of aromatic nitrogens is 4. The van der Waals surface area contributed by atoms with Crippen molar-refractivity contribution in [2.24, 2.45) is 0 Å². The van der Waals surface area contributed by atoms with Crippen LogP contribution in [-0.4, -0.2) is 19.5 Å². The van der Waals surface area contributed by atoms with Crippen LogP contribution in [-0.2, 0) is 6.54 Å². The Morgan fingerprint density at radius 1 is 1.16 bits per heavy atom. The molecule has 0 bridgehead atoms. The van der Waals surface area contributed by atoms with Crippen molar-refractivity contribution < 1.29 is 0 Å². The van der Waals surface area contributed by atoms with Crippen LogP contribution in [0, 0.1) is 13.8 Å². The number of pyridine rings is 2. The Labute approximate surface area is 111 Å². The summed E-state index contributed by atoms with van der Waals surface area (Å²) in [6.45, 7) is 4.61. The third kappa shape index (κ3) is 2.03. The molecule has 3 heterocycles. The maximum absolute atomic E-state index is 5.99. The molecule has 5 nitrogen and oxygen atoms in total. The van der Waals surface area contributed by atoms with E-state index < -0.39 is 0 Å². The second-order valence-electron chi connectivity index (χ2n) is 4.66. The van der Waals surface area contributed by atoms with Crippen molar-refractivity contribution >= 4 is 17.1 Å². The lowest BCUT2D eigenvalue weighted by Crippen LogP contribution is -2.05. The molecular weight excluding hydrogens is 238 g/mol. The Balaban J connectivity index is 2.07. The van der Waals surface area contributed by atoms with Crippen LogP contribution < -0.4 is 5.73 Å². The Morgan fingerprint density at radius 2 is 2.00 bits per heavy atom. The summed E-state index contributed by atoms with van der Waals surface area (Å²) in [5.41, 5.74) is 10.8. The molecule has 19 heavy (non-hydrogen) atoms. The highest BCUT2D eigenvalue weighted by Gasteiger charge is 2.11. The summed E-state index contributed by atoms with van der Waals surface area (Å²) in [7, 11) is 0. The second-order valence-corrected chi connectivity index (χ2v) is 4.66. The minimum Gasteiger partial charge on any atom is -0.369 e. The molecule has 96 valence electrons. The first-order chi connectivity index (χ1) is 9.15. The molecule has 2 N–H and O–H groups in total. The number of nitrogen functional groups attached to an aromatic ring is 1. The van der Waals surface area contributed by atoms with Crippen molar-refractivity contribution in [3.63, 3.8) is 0 Å². The average molecular weight is 253 g/mol. The number of fused-ring (bicyclic) bond motifs is 1. The average Bonchev–Trinajstić information content (AvgIpc) is 2.71. The third-order valence-corrected chi connectivity index (χ3v) is 3.18. The van der Waals surface area contributed by atoms with Gasteiger partial charge in [0.1, 0.15) is 5.52 Å². The number of aryl methyl sites for hydroxylation is 2. The fraction of sp³-hybridized carbons (Fsp3) is 0.214. The van der Waals surface area contributed by atoms with Gasteiger partial charge in [-0.2, -0.15) is 0 Å². The predicted molar refractivity (Wildman–Crippen MR) is 74.8 cm³/mol. The molecule has 5 heteroatoms. The van der Waals surface area contributed by atoms with Crippen LogP contribution in [0.1, 0.15) is 16.8 Å². The van der Waals surface area contributed by atoms with Crippen LogP contribution in [0.3, 0.4) is 0 Å². The topological polar surface area (TPSA) is 69.6 Å². The Hall–Kier alpha value is -2.43. The number of anilines is 1. The van der Waals surface area contributed by atoms with Gasteiger partial charge in [-0.3, -0.25) is 9.55 Å². The van der Waals surface area contributed by atoms with Gasteiger partial charge in [0, 0.05) is 18.1 Å². The fourth-order valence-corrected chi connectivity index (χ4v) is 2.09. The lowest BCUT2D eigenvalue weighted by Gasteiger charge is -2.06. The van der Waals surface area contributed by atoms with Gasteiger partial charge in [0.05, 0.1) is 6.54 Å². The molecule has 0 aliphatic heterocycles. The van der Waals surface area contributed by atoms with E-state index in [2.05, 4.69) is 15.0 Å². The molecule has 0 fully saturated rings. The van der Waals surface area contributed by atoms with E-state index in [9.17, 15) is 0 Å². The molecule has 0 aromatic carbocycles. The van der Waals surface area contributed by atoms with E-state index in [1.165, 1.54) is 0 Å². The van der Waals surface area contributed by atoms with Gasteiger partial charge in [-0.25, -0.2) is 9.97 Å². The molecule has 0 aliphatic carbocycles. The highest BCUT2D eigenvalue weighted by molar-refractivity contribution is 5.77. The minimum atomic E-state index is 0.484. The van der Waals surface area contributed by atoms with Gasteiger partial charge < -0.3 is 5.73 Å².